The standard InChI is InChI=1S/C15H22N4OS/c1-18-14(3-7-16-18)15(20)12-4-9-19(10-5-12)11-6-13-2-8-17-21-13/h2-3,7-8,12,15,20H,4-6,9-11H2,1H3. The number of hydrogen-bond acceptors (Lipinski definition) is 5. The molecule has 2 aromatic heterocycles. The van der Waals surface area contributed by atoms with Gasteiger partial charge in [-0.05, 0) is 61.9 Å². The molecular weight excluding hydrogens is 284 g/mol. The van der Waals surface area contributed by atoms with Crippen LogP contribution >= 0.6 is 11.5 Å². The van der Waals surface area contributed by atoms with Crippen LogP contribution in [-0.2, 0) is 13.5 Å². The molecule has 1 saturated heterocycles. The second-order valence-electron chi connectivity index (χ2n) is 5.73. The molecule has 1 atom stereocenters. The summed E-state index contributed by atoms with van der Waals surface area (Å²) >= 11 is 1.59. The zero-order chi connectivity index (χ0) is 14.7. The topological polar surface area (TPSA) is 54.2 Å². The minimum absolute atomic E-state index is 0.347. The molecule has 1 aliphatic heterocycles. The summed E-state index contributed by atoms with van der Waals surface area (Å²) in [6.07, 6.45) is 6.42. The Morgan fingerprint density at radius 1 is 1.33 bits per heavy atom. The highest BCUT2D eigenvalue weighted by molar-refractivity contribution is 7.05. The van der Waals surface area contributed by atoms with Gasteiger partial charge in [0.15, 0.2) is 0 Å². The van der Waals surface area contributed by atoms with Crippen molar-refractivity contribution in [2.24, 2.45) is 13.0 Å². The van der Waals surface area contributed by atoms with Crippen LogP contribution in [0.2, 0.25) is 0 Å². The minimum Gasteiger partial charge on any atom is -0.387 e. The van der Waals surface area contributed by atoms with Crippen LogP contribution in [0.25, 0.3) is 0 Å². The number of piperidine rings is 1. The lowest BCUT2D eigenvalue weighted by Crippen LogP contribution is -2.37. The molecule has 2 aromatic rings. The molecule has 0 spiro atoms. The number of nitrogens with zero attached hydrogens (tertiary/aromatic N) is 4. The molecule has 0 amide bonds. The predicted molar refractivity (Wildman–Crippen MR) is 83.1 cm³/mol. The Hall–Kier alpha value is -1.24. The number of aromatic nitrogens is 3. The molecule has 3 heterocycles. The van der Waals surface area contributed by atoms with Gasteiger partial charge in [0.25, 0.3) is 0 Å². The van der Waals surface area contributed by atoms with E-state index in [0.717, 1.165) is 44.6 Å². The number of hydrogen-bond donors (Lipinski definition) is 1. The van der Waals surface area contributed by atoms with Crippen molar-refractivity contribution in [1.82, 2.24) is 19.1 Å². The van der Waals surface area contributed by atoms with Crippen LogP contribution in [0.15, 0.2) is 24.5 Å². The number of aliphatic hydroxyl groups excluding tert-OH is 1. The van der Waals surface area contributed by atoms with Crippen LogP contribution in [0.1, 0.15) is 29.5 Å². The number of likely N-dealkylation sites (tertiary alicyclic amines) is 1. The normalized spacial score (nSPS) is 19.0. The number of aliphatic hydroxyl groups is 1. The van der Waals surface area contributed by atoms with E-state index < -0.39 is 0 Å². The molecule has 0 aromatic carbocycles. The fourth-order valence-electron chi connectivity index (χ4n) is 3.05. The average molecular weight is 306 g/mol. The third-order valence-electron chi connectivity index (χ3n) is 4.41. The summed E-state index contributed by atoms with van der Waals surface area (Å²) in [6.45, 7) is 3.23. The van der Waals surface area contributed by atoms with E-state index in [9.17, 15) is 5.11 Å². The molecule has 114 valence electrons. The van der Waals surface area contributed by atoms with Crippen LogP contribution in [0, 0.1) is 5.92 Å². The first-order valence-electron chi connectivity index (χ1n) is 7.52. The van der Waals surface area contributed by atoms with E-state index in [0.29, 0.717) is 5.92 Å². The fraction of sp³-hybridized carbons (Fsp3) is 0.600. The zero-order valence-electron chi connectivity index (χ0n) is 12.4. The Labute approximate surface area is 129 Å². The van der Waals surface area contributed by atoms with Crippen LogP contribution in [-0.4, -0.2) is 43.8 Å². The van der Waals surface area contributed by atoms with Gasteiger partial charge in [0.2, 0.25) is 0 Å². The van der Waals surface area contributed by atoms with Crippen LogP contribution in [0.4, 0.5) is 0 Å². The summed E-state index contributed by atoms with van der Waals surface area (Å²) in [6, 6.07) is 4.02. The van der Waals surface area contributed by atoms with Crippen molar-refractivity contribution in [3.8, 4) is 0 Å². The van der Waals surface area contributed by atoms with Gasteiger partial charge >= 0.3 is 0 Å². The smallest absolute Gasteiger partial charge is 0.0985 e. The molecule has 6 heteroatoms. The highest BCUT2D eigenvalue weighted by Gasteiger charge is 2.27. The van der Waals surface area contributed by atoms with Crippen LogP contribution < -0.4 is 0 Å². The summed E-state index contributed by atoms with van der Waals surface area (Å²) in [5.41, 5.74) is 0.929. The Kier molecular flexibility index (Phi) is 4.67. The highest BCUT2D eigenvalue weighted by Crippen LogP contribution is 2.30. The van der Waals surface area contributed by atoms with Crippen LogP contribution in [0.3, 0.4) is 0 Å². The monoisotopic (exact) mass is 306 g/mol. The molecule has 0 bridgehead atoms. The summed E-state index contributed by atoms with van der Waals surface area (Å²) in [5.74, 6) is 0.347. The van der Waals surface area contributed by atoms with Gasteiger partial charge in [-0.25, -0.2) is 4.37 Å². The molecule has 1 fully saturated rings. The summed E-state index contributed by atoms with van der Waals surface area (Å²) in [7, 11) is 1.89. The fourth-order valence-corrected chi connectivity index (χ4v) is 3.61. The van der Waals surface area contributed by atoms with Crippen molar-refractivity contribution < 1.29 is 5.11 Å². The summed E-state index contributed by atoms with van der Waals surface area (Å²) in [5, 5.41) is 14.6. The van der Waals surface area contributed by atoms with Gasteiger partial charge < -0.3 is 10.0 Å². The van der Waals surface area contributed by atoms with E-state index in [-0.39, 0.29) is 6.10 Å². The Balaban J connectivity index is 1.47. The second-order valence-corrected chi connectivity index (χ2v) is 6.65. The SMILES string of the molecule is Cn1nccc1C(O)C1CCN(CCc2ccns2)CC1. The maximum Gasteiger partial charge on any atom is 0.0985 e. The molecular formula is C15H22N4OS. The summed E-state index contributed by atoms with van der Waals surface area (Å²) < 4.78 is 5.92. The van der Waals surface area contributed by atoms with Crippen molar-refractivity contribution in [1.29, 1.82) is 0 Å². The largest absolute Gasteiger partial charge is 0.387 e. The molecule has 1 unspecified atom stereocenters. The van der Waals surface area contributed by atoms with Gasteiger partial charge in [-0.15, -0.1) is 0 Å². The van der Waals surface area contributed by atoms with E-state index >= 15 is 0 Å². The molecule has 0 radical (unpaired) electrons. The van der Waals surface area contributed by atoms with E-state index in [1.165, 1.54) is 4.88 Å². The molecule has 0 saturated carbocycles. The van der Waals surface area contributed by atoms with Crippen molar-refractivity contribution >= 4 is 11.5 Å². The van der Waals surface area contributed by atoms with E-state index in [1.54, 1.807) is 22.4 Å². The molecule has 1 aliphatic rings. The third kappa shape index (κ3) is 3.51. The molecule has 3 rings (SSSR count). The highest BCUT2D eigenvalue weighted by atomic mass is 32.1. The number of rotatable bonds is 5. The third-order valence-corrected chi connectivity index (χ3v) is 5.21. The van der Waals surface area contributed by atoms with Crippen molar-refractivity contribution in [3.63, 3.8) is 0 Å². The second kappa shape index (κ2) is 6.68. The Morgan fingerprint density at radius 2 is 2.14 bits per heavy atom. The van der Waals surface area contributed by atoms with Gasteiger partial charge in [-0.2, -0.15) is 5.10 Å². The Bertz CT molecular complexity index is 546. The van der Waals surface area contributed by atoms with Crippen molar-refractivity contribution in [2.75, 3.05) is 19.6 Å². The summed E-state index contributed by atoms with van der Waals surface area (Å²) in [4.78, 5) is 3.85. The predicted octanol–water partition coefficient (Wildman–Crippen LogP) is 1.86. The molecule has 5 nitrogen and oxygen atoms in total. The van der Waals surface area contributed by atoms with E-state index in [2.05, 4.69) is 20.4 Å². The first kappa shape index (κ1) is 14.7. The van der Waals surface area contributed by atoms with E-state index in [1.807, 2.05) is 19.3 Å². The zero-order valence-corrected chi connectivity index (χ0v) is 13.2. The van der Waals surface area contributed by atoms with Crippen LogP contribution in [0.5, 0.6) is 0 Å². The molecule has 0 aliphatic carbocycles. The lowest BCUT2D eigenvalue weighted by Gasteiger charge is -2.34. The first-order valence-corrected chi connectivity index (χ1v) is 8.29. The lowest BCUT2D eigenvalue weighted by molar-refractivity contribution is 0.0538. The van der Waals surface area contributed by atoms with Gasteiger partial charge in [-0.1, -0.05) is 0 Å². The minimum atomic E-state index is -0.388. The maximum atomic E-state index is 10.5. The van der Waals surface area contributed by atoms with Gasteiger partial charge in [0.05, 0.1) is 11.8 Å². The van der Waals surface area contributed by atoms with Gasteiger partial charge in [0.1, 0.15) is 0 Å². The Morgan fingerprint density at radius 3 is 2.76 bits per heavy atom. The average Bonchev–Trinajstić information content (AvgIpc) is 3.16. The molecule has 1 N–H and O–H groups in total. The lowest BCUT2D eigenvalue weighted by atomic mass is 9.89. The van der Waals surface area contributed by atoms with E-state index in [4.69, 9.17) is 0 Å². The van der Waals surface area contributed by atoms with Gasteiger partial charge in [-0.3, -0.25) is 4.68 Å². The van der Waals surface area contributed by atoms with Crippen molar-refractivity contribution in [2.45, 2.75) is 25.4 Å². The first-order chi connectivity index (χ1) is 10.2. The quantitative estimate of drug-likeness (QED) is 0.916. The maximum absolute atomic E-state index is 10.5. The van der Waals surface area contributed by atoms with Gasteiger partial charge in [0, 0.05) is 30.9 Å². The van der Waals surface area contributed by atoms with Crippen molar-refractivity contribution in [3.05, 3.63) is 35.1 Å². The number of aryl methyl sites for hydroxylation is 1. The molecule has 21 heavy (non-hydrogen) atoms.